The average Bonchev–Trinajstić information content (AvgIpc) is 2.61. The molecule has 1 aliphatic heterocycles. The van der Waals surface area contributed by atoms with Gasteiger partial charge in [-0.05, 0) is 49.2 Å². The minimum Gasteiger partial charge on any atom is -0.508 e. The molecule has 2 unspecified atom stereocenters. The van der Waals surface area contributed by atoms with Gasteiger partial charge in [0.25, 0.3) is 5.91 Å². The Morgan fingerprint density at radius 1 is 1.08 bits per heavy atom. The molecule has 1 amide bonds. The number of hydrogen-bond acceptors (Lipinski definition) is 4. The number of ether oxygens (including phenoxy) is 1. The lowest BCUT2D eigenvalue weighted by atomic mass is 10.1. The number of rotatable bonds is 5. The number of carbonyl (C=O) groups is 1. The molecule has 1 aliphatic rings. The first-order valence-corrected chi connectivity index (χ1v) is 9.03. The predicted octanol–water partition coefficient (Wildman–Crippen LogP) is 2.93. The molecule has 2 N–H and O–H groups in total. The second kappa shape index (κ2) is 8.34. The third-order valence-corrected chi connectivity index (χ3v) is 4.48. The fourth-order valence-corrected chi connectivity index (χ4v) is 3.31. The van der Waals surface area contributed by atoms with Crippen LogP contribution in [0.4, 0.5) is 0 Å². The number of morpholine rings is 1. The summed E-state index contributed by atoms with van der Waals surface area (Å²) in [6.45, 7) is 6.65. The molecule has 0 radical (unpaired) electrons. The van der Waals surface area contributed by atoms with Gasteiger partial charge in [0, 0.05) is 31.7 Å². The van der Waals surface area contributed by atoms with Gasteiger partial charge in [-0.25, -0.2) is 0 Å². The van der Waals surface area contributed by atoms with Gasteiger partial charge in [-0.15, -0.1) is 0 Å². The fourth-order valence-electron chi connectivity index (χ4n) is 3.31. The quantitative estimate of drug-likeness (QED) is 0.867. The highest BCUT2D eigenvalue weighted by Gasteiger charge is 2.26. The van der Waals surface area contributed by atoms with E-state index in [2.05, 4.69) is 5.32 Å². The molecule has 0 bridgehead atoms. The van der Waals surface area contributed by atoms with Crippen molar-refractivity contribution in [3.8, 4) is 5.75 Å². The predicted molar refractivity (Wildman–Crippen MR) is 101 cm³/mol. The summed E-state index contributed by atoms with van der Waals surface area (Å²) in [7, 11) is 0. The van der Waals surface area contributed by atoms with Gasteiger partial charge >= 0.3 is 0 Å². The van der Waals surface area contributed by atoms with Crippen LogP contribution >= 0.6 is 0 Å². The first kappa shape index (κ1) is 18.4. The Hall–Kier alpha value is -2.37. The molecular formula is C21H26N2O3. The van der Waals surface area contributed by atoms with Crippen LogP contribution in [0.5, 0.6) is 5.75 Å². The van der Waals surface area contributed by atoms with E-state index in [1.54, 1.807) is 12.1 Å². The molecule has 1 heterocycles. The summed E-state index contributed by atoms with van der Waals surface area (Å²) in [6.07, 6.45) is 0.146. The average molecular weight is 354 g/mol. The van der Waals surface area contributed by atoms with Gasteiger partial charge in [0.15, 0.2) is 0 Å². The molecular weight excluding hydrogens is 328 g/mol. The summed E-state index contributed by atoms with van der Waals surface area (Å²) < 4.78 is 5.69. The van der Waals surface area contributed by atoms with Crippen molar-refractivity contribution in [3.05, 3.63) is 65.2 Å². The Morgan fingerprint density at radius 2 is 1.73 bits per heavy atom. The van der Waals surface area contributed by atoms with Crippen LogP contribution in [0.1, 0.15) is 35.3 Å². The molecule has 2 aromatic carbocycles. The van der Waals surface area contributed by atoms with E-state index in [-0.39, 0.29) is 23.9 Å². The van der Waals surface area contributed by atoms with Crippen LogP contribution in [0.25, 0.3) is 0 Å². The number of hydrogen-bond donors (Lipinski definition) is 2. The molecule has 2 aromatic rings. The summed E-state index contributed by atoms with van der Waals surface area (Å²) in [5, 5.41) is 12.8. The molecule has 0 aromatic heterocycles. The highest BCUT2D eigenvalue weighted by atomic mass is 16.5. The Kier molecular flexibility index (Phi) is 5.91. The third kappa shape index (κ3) is 4.84. The molecule has 0 saturated carbocycles. The second-order valence-corrected chi connectivity index (χ2v) is 6.94. The van der Waals surface area contributed by atoms with Crippen molar-refractivity contribution in [1.82, 2.24) is 10.2 Å². The molecule has 0 spiro atoms. The van der Waals surface area contributed by atoms with E-state index in [9.17, 15) is 9.90 Å². The van der Waals surface area contributed by atoms with E-state index in [0.29, 0.717) is 31.7 Å². The minimum atomic E-state index is 0.0614. The number of amides is 1. The number of benzene rings is 2. The smallest absolute Gasteiger partial charge is 0.254 e. The lowest BCUT2D eigenvalue weighted by Gasteiger charge is -2.35. The number of nitrogens with zero attached hydrogens (tertiary/aromatic N) is 1. The first-order chi connectivity index (χ1) is 12.5. The maximum absolute atomic E-state index is 12.7. The SMILES string of the molecule is CC1CN(C(=O)c2ccc(CNCc3cccc(O)c3)cc2)CC(C)O1. The molecule has 0 aliphatic carbocycles. The maximum atomic E-state index is 12.7. The monoisotopic (exact) mass is 354 g/mol. The van der Waals surface area contributed by atoms with Crippen molar-refractivity contribution in [2.45, 2.75) is 39.1 Å². The van der Waals surface area contributed by atoms with Crippen molar-refractivity contribution < 1.29 is 14.6 Å². The maximum Gasteiger partial charge on any atom is 0.254 e. The summed E-state index contributed by atoms with van der Waals surface area (Å²) in [5.74, 6) is 0.338. The van der Waals surface area contributed by atoms with Crippen molar-refractivity contribution in [1.29, 1.82) is 0 Å². The second-order valence-electron chi connectivity index (χ2n) is 6.94. The first-order valence-electron chi connectivity index (χ1n) is 9.03. The summed E-state index contributed by atoms with van der Waals surface area (Å²) >= 11 is 0. The third-order valence-electron chi connectivity index (χ3n) is 4.48. The highest BCUT2D eigenvalue weighted by molar-refractivity contribution is 5.94. The number of phenols is 1. The molecule has 1 fully saturated rings. The van der Waals surface area contributed by atoms with Gasteiger partial charge in [-0.3, -0.25) is 4.79 Å². The lowest BCUT2D eigenvalue weighted by Crippen LogP contribution is -2.48. The van der Waals surface area contributed by atoms with E-state index >= 15 is 0 Å². The van der Waals surface area contributed by atoms with Gasteiger partial charge < -0.3 is 20.1 Å². The number of carbonyl (C=O) groups excluding carboxylic acids is 1. The topological polar surface area (TPSA) is 61.8 Å². The number of phenolic OH excluding ortho intramolecular Hbond substituents is 1. The fraction of sp³-hybridized carbons (Fsp3) is 0.381. The van der Waals surface area contributed by atoms with E-state index in [4.69, 9.17) is 4.74 Å². The Morgan fingerprint density at radius 3 is 2.38 bits per heavy atom. The standard InChI is InChI=1S/C21H26N2O3/c1-15-13-23(14-16(2)26-15)21(25)19-8-6-17(7-9-19)11-22-12-18-4-3-5-20(24)10-18/h3-10,15-16,22,24H,11-14H2,1-2H3. The van der Waals surface area contributed by atoms with Crippen LogP contribution in [-0.4, -0.2) is 41.2 Å². The molecule has 3 rings (SSSR count). The van der Waals surface area contributed by atoms with E-state index < -0.39 is 0 Å². The minimum absolute atomic E-state index is 0.0614. The summed E-state index contributed by atoms with van der Waals surface area (Å²) in [4.78, 5) is 14.5. The highest BCUT2D eigenvalue weighted by Crippen LogP contribution is 2.15. The normalized spacial score (nSPS) is 20.2. The van der Waals surface area contributed by atoms with Gasteiger partial charge in [0.1, 0.15) is 5.75 Å². The van der Waals surface area contributed by atoms with E-state index in [0.717, 1.165) is 11.1 Å². The van der Waals surface area contributed by atoms with Crippen molar-refractivity contribution in [3.63, 3.8) is 0 Å². The Bertz CT molecular complexity index is 735. The molecule has 26 heavy (non-hydrogen) atoms. The largest absolute Gasteiger partial charge is 0.508 e. The van der Waals surface area contributed by atoms with Crippen LogP contribution < -0.4 is 5.32 Å². The zero-order chi connectivity index (χ0) is 18.5. The van der Waals surface area contributed by atoms with Crippen LogP contribution in [0, 0.1) is 0 Å². The van der Waals surface area contributed by atoms with E-state index in [1.807, 2.05) is 55.1 Å². The van der Waals surface area contributed by atoms with E-state index in [1.165, 1.54) is 0 Å². The van der Waals surface area contributed by atoms with Crippen LogP contribution in [0.2, 0.25) is 0 Å². The summed E-state index contributed by atoms with van der Waals surface area (Å²) in [6, 6.07) is 15.0. The van der Waals surface area contributed by atoms with Gasteiger partial charge in [-0.1, -0.05) is 24.3 Å². The molecule has 1 saturated heterocycles. The molecule has 5 heteroatoms. The number of aromatic hydroxyl groups is 1. The zero-order valence-electron chi connectivity index (χ0n) is 15.3. The molecule has 2 atom stereocenters. The van der Waals surface area contributed by atoms with Crippen LogP contribution in [0.15, 0.2) is 48.5 Å². The van der Waals surface area contributed by atoms with Crippen LogP contribution in [0.3, 0.4) is 0 Å². The molecule has 138 valence electrons. The van der Waals surface area contributed by atoms with Crippen molar-refractivity contribution >= 4 is 5.91 Å². The van der Waals surface area contributed by atoms with Gasteiger partial charge in [0.05, 0.1) is 12.2 Å². The van der Waals surface area contributed by atoms with Gasteiger partial charge in [0.2, 0.25) is 0 Å². The van der Waals surface area contributed by atoms with Gasteiger partial charge in [-0.2, -0.15) is 0 Å². The molecule has 5 nitrogen and oxygen atoms in total. The number of nitrogens with one attached hydrogen (secondary N) is 1. The lowest BCUT2D eigenvalue weighted by molar-refractivity contribution is -0.0586. The summed E-state index contributed by atoms with van der Waals surface area (Å²) in [5.41, 5.74) is 2.86. The Balaban J connectivity index is 1.53. The van der Waals surface area contributed by atoms with Crippen molar-refractivity contribution in [2.24, 2.45) is 0 Å². The Labute approximate surface area is 154 Å². The van der Waals surface area contributed by atoms with Crippen LogP contribution in [-0.2, 0) is 17.8 Å². The van der Waals surface area contributed by atoms with Crippen molar-refractivity contribution in [2.75, 3.05) is 13.1 Å². The zero-order valence-corrected chi connectivity index (χ0v) is 15.3.